The Labute approximate surface area is 88.2 Å². The van der Waals surface area contributed by atoms with Gasteiger partial charge in [0.05, 0.1) is 5.69 Å². The molecule has 1 aliphatic rings. The molecule has 1 aromatic carbocycles. The highest BCUT2D eigenvalue weighted by molar-refractivity contribution is 5.96. The van der Waals surface area contributed by atoms with Crippen molar-refractivity contribution in [3.63, 3.8) is 0 Å². The number of nitrogen functional groups attached to an aromatic ring is 1. The van der Waals surface area contributed by atoms with Crippen molar-refractivity contribution in [2.24, 2.45) is 5.73 Å². The summed E-state index contributed by atoms with van der Waals surface area (Å²) < 4.78 is 5.68. The first-order valence-corrected chi connectivity index (χ1v) is 4.81. The van der Waals surface area contributed by atoms with Gasteiger partial charge in [0.2, 0.25) is 5.91 Å². The average Bonchev–Trinajstić information content (AvgIpc) is 2.41. The summed E-state index contributed by atoms with van der Waals surface area (Å²) >= 11 is 0. The zero-order chi connectivity index (χ0) is 11.2. The van der Waals surface area contributed by atoms with E-state index >= 15 is 0 Å². The third kappa shape index (κ3) is 1.52. The predicted molar refractivity (Wildman–Crippen MR) is 57.8 cm³/mol. The first-order valence-electron chi connectivity index (χ1n) is 4.81. The van der Waals surface area contributed by atoms with Crippen LogP contribution in [0.5, 0.6) is 5.75 Å². The number of rotatable bonds is 1. The molecule has 1 aromatic rings. The second-order valence-electron chi connectivity index (χ2n) is 4.41. The van der Waals surface area contributed by atoms with Crippen LogP contribution in [-0.2, 0) is 6.42 Å². The van der Waals surface area contributed by atoms with Gasteiger partial charge in [0, 0.05) is 17.5 Å². The molecule has 4 heteroatoms. The molecular formula is C11H14N2O2. The molecule has 2 rings (SSSR count). The minimum absolute atomic E-state index is 0.317. The second-order valence-corrected chi connectivity index (χ2v) is 4.41. The fraction of sp³-hybridized carbons (Fsp3) is 0.364. The topological polar surface area (TPSA) is 78.3 Å². The summed E-state index contributed by atoms with van der Waals surface area (Å²) in [5.74, 6) is 0.170. The zero-order valence-electron chi connectivity index (χ0n) is 8.83. The molecule has 1 aliphatic heterocycles. The maximum Gasteiger partial charge on any atom is 0.249 e. The van der Waals surface area contributed by atoms with Gasteiger partial charge in [0.1, 0.15) is 11.4 Å². The van der Waals surface area contributed by atoms with Crippen LogP contribution in [0.4, 0.5) is 5.69 Å². The molecule has 1 heterocycles. The van der Waals surface area contributed by atoms with Crippen LogP contribution in [0.3, 0.4) is 0 Å². The number of amides is 1. The van der Waals surface area contributed by atoms with Crippen LogP contribution in [0, 0.1) is 0 Å². The maximum atomic E-state index is 11.2. The Bertz CT molecular complexity index is 438. The molecule has 0 aromatic heterocycles. The molecule has 0 saturated heterocycles. The zero-order valence-corrected chi connectivity index (χ0v) is 8.83. The van der Waals surface area contributed by atoms with Gasteiger partial charge in [0.15, 0.2) is 0 Å². The van der Waals surface area contributed by atoms with E-state index in [1.54, 1.807) is 12.1 Å². The van der Waals surface area contributed by atoms with Gasteiger partial charge in [-0.2, -0.15) is 0 Å². The van der Waals surface area contributed by atoms with Crippen LogP contribution in [-0.4, -0.2) is 11.5 Å². The Morgan fingerprint density at radius 3 is 2.73 bits per heavy atom. The Morgan fingerprint density at radius 1 is 1.47 bits per heavy atom. The number of carbonyl (C=O) groups is 1. The van der Waals surface area contributed by atoms with E-state index in [1.165, 1.54) is 0 Å². The summed E-state index contributed by atoms with van der Waals surface area (Å²) in [7, 11) is 0. The summed E-state index contributed by atoms with van der Waals surface area (Å²) in [5.41, 5.74) is 12.6. The van der Waals surface area contributed by atoms with Crippen molar-refractivity contribution in [1.82, 2.24) is 0 Å². The van der Waals surface area contributed by atoms with Crippen LogP contribution in [0.1, 0.15) is 29.8 Å². The number of benzene rings is 1. The Balaban J connectivity index is 2.60. The number of hydrogen-bond donors (Lipinski definition) is 2. The van der Waals surface area contributed by atoms with Crippen molar-refractivity contribution in [3.05, 3.63) is 23.3 Å². The maximum absolute atomic E-state index is 11.2. The molecule has 0 aliphatic carbocycles. The Morgan fingerprint density at radius 2 is 2.13 bits per heavy atom. The lowest BCUT2D eigenvalue weighted by Crippen LogP contribution is -2.25. The SMILES string of the molecule is CC1(C)Cc2c(C(N)=O)ccc(N)c2O1. The molecular weight excluding hydrogens is 192 g/mol. The van der Waals surface area contributed by atoms with Gasteiger partial charge in [-0.15, -0.1) is 0 Å². The van der Waals surface area contributed by atoms with E-state index in [4.69, 9.17) is 16.2 Å². The van der Waals surface area contributed by atoms with Gasteiger partial charge in [-0.3, -0.25) is 4.79 Å². The van der Waals surface area contributed by atoms with Gasteiger partial charge in [-0.25, -0.2) is 0 Å². The van der Waals surface area contributed by atoms with Crippen LogP contribution < -0.4 is 16.2 Å². The van der Waals surface area contributed by atoms with E-state index in [0.29, 0.717) is 23.4 Å². The lowest BCUT2D eigenvalue weighted by atomic mass is 9.97. The van der Waals surface area contributed by atoms with E-state index in [9.17, 15) is 4.79 Å². The fourth-order valence-electron chi connectivity index (χ4n) is 1.91. The molecule has 0 radical (unpaired) electrons. The molecule has 15 heavy (non-hydrogen) atoms. The fourth-order valence-corrected chi connectivity index (χ4v) is 1.91. The molecule has 0 unspecified atom stereocenters. The van der Waals surface area contributed by atoms with Crippen LogP contribution in [0.15, 0.2) is 12.1 Å². The highest BCUT2D eigenvalue weighted by Gasteiger charge is 2.34. The summed E-state index contributed by atoms with van der Waals surface area (Å²) in [4.78, 5) is 11.2. The lowest BCUT2D eigenvalue weighted by Gasteiger charge is -2.17. The van der Waals surface area contributed by atoms with E-state index in [-0.39, 0.29) is 5.60 Å². The molecule has 0 spiro atoms. The quantitative estimate of drug-likeness (QED) is 0.675. The van der Waals surface area contributed by atoms with Crippen LogP contribution in [0.25, 0.3) is 0 Å². The molecule has 0 fully saturated rings. The van der Waals surface area contributed by atoms with Gasteiger partial charge >= 0.3 is 0 Å². The number of nitrogens with two attached hydrogens (primary N) is 2. The molecule has 0 bridgehead atoms. The predicted octanol–water partition coefficient (Wildman–Crippen LogP) is 1.08. The van der Waals surface area contributed by atoms with Crippen molar-refractivity contribution in [1.29, 1.82) is 0 Å². The number of fused-ring (bicyclic) bond motifs is 1. The molecule has 4 nitrogen and oxygen atoms in total. The Hall–Kier alpha value is -1.71. The number of ether oxygens (including phenoxy) is 1. The lowest BCUT2D eigenvalue weighted by molar-refractivity contribution is 0.0999. The first kappa shape index (κ1) is 9.83. The van der Waals surface area contributed by atoms with Gasteiger partial charge in [-0.1, -0.05) is 0 Å². The van der Waals surface area contributed by atoms with E-state index < -0.39 is 5.91 Å². The first-order chi connectivity index (χ1) is 6.91. The third-order valence-corrected chi connectivity index (χ3v) is 2.54. The van der Waals surface area contributed by atoms with Crippen molar-refractivity contribution in [2.45, 2.75) is 25.9 Å². The molecule has 4 N–H and O–H groups in total. The summed E-state index contributed by atoms with van der Waals surface area (Å²) in [5, 5.41) is 0. The van der Waals surface area contributed by atoms with Crippen molar-refractivity contribution >= 4 is 11.6 Å². The number of primary amides is 1. The normalized spacial score (nSPS) is 16.9. The van der Waals surface area contributed by atoms with Crippen LogP contribution in [0.2, 0.25) is 0 Å². The number of hydrogen-bond acceptors (Lipinski definition) is 3. The highest BCUT2D eigenvalue weighted by atomic mass is 16.5. The van der Waals surface area contributed by atoms with E-state index in [1.807, 2.05) is 13.8 Å². The summed E-state index contributed by atoms with van der Waals surface area (Å²) in [6.45, 7) is 3.91. The standard InChI is InChI=1S/C11H14N2O2/c1-11(2)5-7-6(10(13)14)3-4-8(12)9(7)15-11/h3-4H,5,12H2,1-2H3,(H2,13,14). The van der Waals surface area contributed by atoms with Crippen molar-refractivity contribution in [3.8, 4) is 5.75 Å². The highest BCUT2D eigenvalue weighted by Crippen LogP contribution is 2.40. The van der Waals surface area contributed by atoms with Gasteiger partial charge in [0.25, 0.3) is 0 Å². The molecule has 0 atom stereocenters. The molecule has 1 amide bonds. The smallest absolute Gasteiger partial charge is 0.249 e. The summed E-state index contributed by atoms with van der Waals surface area (Å²) in [6.07, 6.45) is 0.658. The number of carbonyl (C=O) groups excluding carboxylic acids is 1. The molecule has 80 valence electrons. The van der Waals surface area contributed by atoms with Crippen LogP contribution >= 0.6 is 0 Å². The Kier molecular flexibility index (Phi) is 1.89. The average molecular weight is 206 g/mol. The van der Waals surface area contributed by atoms with Gasteiger partial charge in [-0.05, 0) is 26.0 Å². The monoisotopic (exact) mass is 206 g/mol. The van der Waals surface area contributed by atoms with E-state index in [2.05, 4.69) is 0 Å². The van der Waals surface area contributed by atoms with E-state index in [0.717, 1.165) is 5.56 Å². The minimum Gasteiger partial charge on any atom is -0.485 e. The van der Waals surface area contributed by atoms with Crippen molar-refractivity contribution in [2.75, 3.05) is 5.73 Å². The largest absolute Gasteiger partial charge is 0.485 e. The summed E-state index contributed by atoms with van der Waals surface area (Å²) in [6, 6.07) is 3.31. The second kappa shape index (κ2) is 2.89. The molecule has 0 saturated carbocycles. The minimum atomic E-state index is -0.437. The van der Waals surface area contributed by atoms with Gasteiger partial charge < -0.3 is 16.2 Å². The van der Waals surface area contributed by atoms with Crippen molar-refractivity contribution < 1.29 is 9.53 Å². The third-order valence-electron chi connectivity index (χ3n) is 2.54. The number of anilines is 1.